The van der Waals surface area contributed by atoms with E-state index >= 15 is 0 Å². The maximum atomic E-state index is 14.5. The summed E-state index contributed by atoms with van der Waals surface area (Å²) in [5.74, 6) is -11.2. The van der Waals surface area contributed by atoms with Crippen LogP contribution in [-0.2, 0) is 18.9 Å². The molecule has 0 amide bonds. The largest absolute Gasteiger partial charge is 0.488 e. The Balaban J connectivity index is 1.54. The van der Waals surface area contributed by atoms with Gasteiger partial charge in [-0.05, 0) is 51.4 Å². The third-order valence-electron chi connectivity index (χ3n) is 13.4. The molecule has 2 aromatic rings. The average molecular weight is 1050 g/mol. The zero-order valence-corrected chi connectivity index (χ0v) is 44.7. The second-order valence-electron chi connectivity index (χ2n) is 20.1. The van der Waals surface area contributed by atoms with Crippen LogP contribution in [0.3, 0.4) is 0 Å². The Bertz CT molecular complexity index is 1760. The van der Waals surface area contributed by atoms with Gasteiger partial charge in [-0.15, -0.1) is 22.7 Å². The van der Waals surface area contributed by atoms with Gasteiger partial charge in [0.15, 0.2) is 23.0 Å². The number of alkyl halides is 8. The standard InChI is InChI=1S/C52H82F8O8S2/c1-9-15-19-39(11-3)25-63-31-48(32-64-26-40(12-4)20-16-10-2)34-66-42-38(8)70-46(44(42)68-36-48)45-43-41(37(7)69-45)65-33-47(35-67-43,29-61-23-17-21-51(57,58)27-49(53,54)13-5)30-62-24-18-22-52(59,60)28-50(55,56)14-6/h39-40H,9-36H2,1-8H3. The lowest BCUT2D eigenvalue weighted by molar-refractivity contribution is -0.120. The summed E-state index contributed by atoms with van der Waals surface area (Å²) in [5.41, 5.74) is -1.68. The van der Waals surface area contributed by atoms with Crippen molar-refractivity contribution < 1.29 is 73.0 Å². The average Bonchev–Trinajstić information content (AvgIpc) is 3.61. The molecule has 0 saturated carbocycles. The predicted molar refractivity (Wildman–Crippen MR) is 262 cm³/mol. The van der Waals surface area contributed by atoms with E-state index in [1.807, 2.05) is 13.8 Å². The lowest BCUT2D eigenvalue weighted by Gasteiger charge is -2.32. The van der Waals surface area contributed by atoms with Crippen LogP contribution in [-0.4, -0.2) is 103 Å². The SMILES string of the molecule is CCCCC(CC)COCC1(COCC(CC)CCCC)COc2c(C)sc(-c3sc(C)c4c3OCC(COCCCC(F)(F)CC(F)(F)CC)(COCCCC(F)(F)CC(F)(F)CC)CO4)c2OC1. The number of hydrogen-bond acceptors (Lipinski definition) is 10. The first kappa shape index (κ1) is 60.4. The quantitative estimate of drug-likeness (QED) is 0.0499. The third-order valence-corrected chi connectivity index (χ3v) is 15.7. The summed E-state index contributed by atoms with van der Waals surface area (Å²) in [6.07, 6.45) is 2.29. The van der Waals surface area contributed by atoms with Gasteiger partial charge in [-0.25, -0.2) is 35.1 Å². The molecule has 2 aliphatic rings. The number of rotatable bonds is 35. The molecule has 2 aliphatic heterocycles. The minimum atomic E-state index is -3.60. The minimum absolute atomic E-state index is 0.0346. The molecule has 2 atom stereocenters. The molecule has 0 saturated heterocycles. The number of aryl methyl sites for hydroxylation is 2. The van der Waals surface area contributed by atoms with Gasteiger partial charge in [0.05, 0.1) is 59.9 Å². The van der Waals surface area contributed by atoms with Crippen molar-refractivity contribution in [3.8, 4) is 32.8 Å². The van der Waals surface area contributed by atoms with Gasteiger partial charge in [0.2, 0.25) is 0 Å². The lowest BCUT2D eigenvalue weighted by Crippen LogP contribution is -2.43. The number of thiophene rings is 2. The number of ether oxygens (including phenoxy) is 8. The summed E-state index contributed by atoms with van der Waals surface area (Å²) in [6.45, 7) is 16.9. The Kier molecular flexibility index (Phi) is 24.1. The lowest BCUT2D eigenvalue weighted by atomic mass is 9.91. The molecule has 0 radical (unpaired) electrons. The summed E-state index contributed by atoms with van der Waals surface area (Å²) in [4.78, 5) is 3.22. The van der Waals surface area contributed by atoms with E-state index in [0.717, 1.165) is 84.7 Å². The van der Waals surface area contributed by atoms with Crippen LogP contribution in [0.4, 0.5) is 35.1 Å². The van der Waals surface area contributed by atoms with Crippen LogP contribution in [0.1, 0.15) is 154 Å². The molecule has 0 aliphatic carbocycles. The summed E-state index contributed by atoms with van der Waals surface area (Å²) in [6, 6.07) is 0. The third kappa shape index (κ3) is 18.7. The van der Waals surface area contributed by atoms with Crippen LogP contribution in [0.2, 0.25) is 0 Å². The molecule has 8 nitrogen and oxygen atoms in total. The van der Waals surface area contributed by atoms with Crippen molar-refractivity contribution in [3.05, 3.63) is 9.75 Å². The molecule has 4 rings (SSSR count). The fourth-order valence-electron chi connectivity index (χ4n) is 8.62. The molecule has 2 aromatic heterocycles. The van der Waals surface area contributed by atoms with Gasteiger partial charge in [0, 0.05) is 61.9 Å². The normalized spacial score (nSPS) is 18.5. The molecule has 406 valence electrons. The molecule has 18 heteroatoms. The Morgan fingerprint density at radius 3 is 1.16 bits per heavy atom. The van der Waals surface area contributed by atoms with Crippen LogP contribution in [0.5, 0.6) is 23.0 Å². The molecule has 2 unspecified atom stereocenters. The Hall–Kier alpha value is -2.12. The van der Waals surface area contributed by atoms with E-state index in [2.05, 4.69) is 27.7 Å². The fraction of sp³-hybridized carbons (Fsp3) is 0.846. The molecule has 0 fully saturated rings. The van der Waals surface area contributed by atoms with Gasteiger partial charge in [0.1, 0.15) is 26.4 Å². The van der Waals surface area contributed by atoms with Crippen molar-refractivity contribution in [3.63, 3.8) is 0 Å². The van der Waals surface area contributed by atoms with Crippen molar-refractivity contribution in [1.29, 1.82) is 0 Å². The molecule has 0 spiro atoms. The van der Waals surface area contributed by atoms with Crippen molar-refractivity contribution in [2.75, 3.05) is 79.3 Å². The van der Waals surface area contributed by atoms with E-state index in [1.165, 1.54) is 22.7 Å². The molecule has 0 aromatic carbocycles. The first-order valence-electron chi connectivity index (χ1n) is 25.7. The second-order valence-corrected chi connectivity index (χ2v) is 22.6. The van der Waals surface area contributed by atoms with Crippen LogP contribution < -0.4 is 18.9 Å². The van der Waals surface area contributed by atoms with E-state index in [0.29, 0.717) is 67.9 Å². The molecular weight excluding hydrogens is 969 g/mol. The van der Waals surface area contributed by atoms with Gasteiger partial charge >= 0.3 is 0 Å². The first-order chi connectivity index (χ1) is 33.1. The maximum absolute atomic E-state index is 14.5. The van der Waals surface area contributed by atoms with Crippen LogP contribution in [0, 0.1) is 36.5 Å². The summed E-state index contributed by atoms with van der Waals surface area (Å²) in [7, 11) is 0. The highest BCUT2D eigenvalue weighted by molar-refractivity contribution is 7.23. The fourth-order valence-corrected chi connectivity index (χ4v) is 10.8. The van der Waals surface area contributed by atoms with Crippen molar-refractivity contribution in [2.24, 2.45) is 22.7 Å². The predicted octanol–water partition coefficient (Wildman–Crippen LogP) is 15.8. The van der Waals surface area contributed by atoms with Crippen molar-refractivity contribution >= 4 is 22.7 Å². The Labute approximate surface area is 420 Å². The van der Waals surface area contributed by atoms with Crippen molar-refractivity contribution in [1.82, 2.24) is 0 Å². The van der Waals surface area contributed by atoms with E-state index in [4.69, 9.17) is 37.9 Å². The number of fused-ring (bicyclic) bond motifs is 2. The zero-order chi connectivity index (χ0) is 51.6. The molecule has 0 bridgehead atoms. The summed E-state index contributed by atoms with van der Waals surface area (Å²) < 4.78 is 165. The van der Waals surface area contributed by atoms with E-state index in [1.54, 1.807) is 0 Å². The monoisotopic (exact) mass is 1050 g/mol. The van der Waals surface area contributed by atoms with Crippen LogP contribution in [0.15, 0.2) is 0 Å². The molecule has 4 heterocycles. The molecular formula is C52H82F8O8S2. The highest BCUT2D eigenvalue weighted by atomic mass is 32.1. The molecule has 0 N–H and O–H groups in total. The van der Waals surface area contributed by atoms with Crippen LogP contribution in [0.25, 0.3) is 9.75 Å². The topological polar surface area (TPSA) is 73.8 Å². The smallest absolute Gasteiger partial charge is 0.254 e. The number of hydrogen-bond donors (Lipinski definition) is 0. The minimum Gasteiger partial charge on any atom is -0.488 e. The van der Waals surface area contributed by atoms with Gasteiger partial charge in [-0.3, -0.25) is 0 Å². The first-order valence-corrected chi connectivity index (χ1v) is 27.3. The number of halogens is 8. The molecule has 70 heavy (non-hydrogen) atoms. The summed E-state index contributed by atoms with van der Waals surface area (Å²) >= 11 is 2.96. The van der Waals surface area contributed by atoms with Gasteiger partial charge in [0.25, 0.3) is 23.7 Å². The van der Waals surface area contributed by atoms with Crippen LogP contribution >= 0.6 is 22.7 Å². The number of unbranched alkanes of at least 4 members (excludes halogenated alkanes) is 2. The van der Waals surface area contributed by atoms with Crippen molar-refractivity contribution in [2.45, 2.75) is 182 Å². The van der Waals surface area contributed by atoms with E-state index < -0.39 is 73.0 Å². The zero-order valence-electron chi connectivity index (χ0n) is 43.1. The van der Waals surface area contributed by atoms with E-state index in [-0.39, 0.29) is 59.1 Å². The van der Waals surface area contributed by atoms with E-state index in [9.17, 15) is 35.1 Å². The maximum Gasteiger partial charge on any atom is 0.254 e. The summed E-state index contributed by atoms with van der Waals surface area (Å²) in [5, 5.41) is 0. The highest BCUT2D eigenvalue weighted by Crippen LogP contribution is 2.58. The van der Waals surface area contributed by atoms with Gasteiger partial charge < -0.3 is 37.9 Å². The Morgan fingerprint density at radius 1 is 0.486 bits per heavy atom. The second kappa shape index (κ2) is 28.0. The highest BCUT2D eigenvalue weighted by Gasteiger charge is 2.45. The van der Waals surface area contributed by atoms with Gasteiger partial charge in [-0.1, -0.05) is 80.1 Å². The Morgan fingerprint density at radius 2 is 0.829 bits per heavy atom. The van der Waals surface area contributed by atoms with Gasteiger partial charge in [-0.2, -0.15) is 0 Å².